The van der Waals surface area contributed by atoms with Gasteiger partial charge in [-0.1, -0.05) is 0 Å². The first-order valence-corrected chi connectivity index (χ1v) is 5.78. The maximum atomic E-state index is 4.05. The summed E-state index contributed by atoms with van der Waals surface area (Å²) >= 11 is 0. The molecule has 3 heteroatoms. The standard InChI is InChI=1S/C12H19N3/c1-2-15(10-11-4-3-7-14-11)12-5-8-13-9-6-12/h5-6,8-9,11,14H,2-4,7,10H2,1H3. The van der Waals surface area contributed by atoms with Gasteiger partial charge in [0, 0.05) is 37.2 Å². The first-order chi connectivity index (χ1) is 7.40. The van der Waals surface area contributed by atoms with Gasteiger partial charge < -0.3 is 10.2 Å². The molecule has 1 saturated heterocycles. The highest BCUT2D eigenvalue weighted by Gasteiger charge is 2.16. The molecular weight excluding hydrogens is 186 g/mol. The second kappa shape index (κ2) is 5.12. The first kappa shape index (κ1) is 10.4. The van der Waals surface area contributed by atoms with Crippen molar-refractivity contribution in [2.24, 2.45) is 0 Å². The SMILES string of the molecule is CCN(CC1CCCN1)c1ccncc1. The summed E-state index contributed by atoms with van der Waals surface area (Å²) in [5.41, 5.74) is 1.28. The van der Waals surface area contributed by atoms with Crippen LogP contribution in [0.5, 0.6) is 0 Å². The molecule has 1 aliphatic rings. The fourth-order valence-electron chi connectivity index (χ4n) is 2.15. The summed E-state index contributed by atoms with van der Waals surface area (Å²) in [4.78, 5) is 6.46. The molecule has 0 aromatic carbocycles. The Morgan fingerprint density at radius 2 is 2.27 bits per heavy atom. The minimum atomic E-state index is 0.665. The molecule has 3 nitrogen and oxygen atoms in total. The van der Waals surface area contributed by atoms with Crippen molar-refractivity contribution in [3.63, 3.8) is 0 Å². The third-order valence-corrected chi connectivity index (χ3v) is 3.01. The number of aromatic nitrogens is 1. The summed E-state index contributed by atoms with van der Waals surface area (Å²) in [6, 6.07) is 4.83. The molecule has 1 aromatic heterocycles. The Balaban J connectivity index is 1.97. The Morgan fingerprint density at radius 1 is 1.47 bits per heavy atom. The number of hydrogen-bond acceptors (Lipinski definition) is 3. The number of rotatable bonds is 4. The van der Waals surface area contributed by atoms with Crippen molar-refractivity contribution in [2.75, 3.05) is 24.5 Å². The van der Waals surface area contributed by atoms with E-state index in [1.807, 2.05) is 12.4 Å². The largest absolute Gasteiger partial charge is 0.370 e. The van der Waals surface area contributed by atoms with Crippen molar-refractivity contribution < 1.29 is 0 Å². The molecule has 0 amide bonds. The van der Waals surface area contributed by atoms with Crippen molar-refractivity contribution in [3.05, 3.63) is 24.5 Å². The van der Waals surface area contributed by atoms with Crippen LogP contribution in [-0.4, -0.2) is 30.7 Å². The lowest BCUT2D eigenvalue weighted by Gasteiger charge is -2.26. The topological polar surface area (TPSA) is 28.2 Å². The molecule has 2 rings (SSSR count). The van der Waals surface area contributed by atoms with Crippen LogP contribution in [0.1, 0.15) is 19.8 Å². The molecule has 0 radical (unpaired) electrons. The fraction of sp³-hybridized carbons (Fsp3) is 0.583. The Hall–Kier alpha value is -1.09. The van der Waals surface area contributed by atoms with E-state index in [1.54, 1.807) is 0 Å². The molecular formula is C12H19N3. The predicted octanol–water partition coefficient (Wildman–Crippen LogP) is 1.66. The quantitative estimate of drug-likeness (QED) is 0.810. The fourth-order valence-corrected chi connectivity index (χ4v) is 2.15. The normalized spacial score (nSPS) is 20.5. The van der Waals surface area contributed by atoms with Gasteiger partial charge in [-0.05, 0) is 38.4 Å². The van der Waals surface area contributed by atoms with E-state index in [-0.39, 0.29) is 0 Å². The average molecular weight is 205 g/mol. The maximum Gasteiger partial charge on any atom is 0.0397 e. The van der Waals surface area contributed by atoms with Gasteiger partial charge in [0.2, 0.25) is 0 Å². The lowest BCUT2D eigenvalue weighted by Crippen LogP contribution is -2.37. The number of pyridine rings is 1. The summed E-state index contributed by atoms with van der Waals surface area (Å²) in [6.45, 7) is 5.55. The number of nitrogens with one attached hydrogen (secondary N) is 1. The molecule has 0 saturated carbocycles. The van der Waals surface area contributed by atoms with Crippen LogP contribution in [-0.2, 0) is 0 Å². The average Bonchev–Trinajstić information content (AvgIpc) is 2.80. The third-order valence-electron chi connectivity index (χ3n) is 3.01. The highest BCUT2D eigenvalue weighted by Crippen LogP contribution is 2.14. The Labute approximate surface area is 91.5 Å². The highest BCUT2D eigenvalue weighted by molar-refractivity contribution is 5.44. The van der Waals surface area contributed by atoms with Crippen LogP contribution < -0.4 is 10.2 Å². The molecule has 1 fully saturated rings. The van der Waals surface area contributed by atoms with Crippen molar-refractivity contribution in [1.82, 2.24) is 10.3 Å². The van der Waals surface area contributed by atoms with Gasteiger partial charge in [-0.25, -0.2) is 0 Å². The van der Waals surface area contributed by atoms with E-state index in [1.165, 1.54) is 25.1 Å². The number of nitrogens with zero attached hydrogens (tertiary/aromatic N) is 2. The molecule has 0 bridgehead atoms. The molecule has 1 aliphatic heterocycles. The maximum absolute atomic E-state index is 4.05. The van der Waals surface area contributed by atoms with Gasteiger partial charge >= 0.3 is 0 Å². The predicted molar refractivity (Wildman–Crippen MR) is 63.1 cm³/mol. The van der Waals surface area contributed by atoms with Crippen molar-refractivity contribution >= 4 is 5.69 Å². The van der Waals surface area contributed by atoms with Gasteiger partial charge in [0.1, 0.15) is 0 Å². The Bertz CT molecular complexity index is 280. The highest BCUT2D eigenvalue weighted by atomic mass is 15.2. The van der Waals surface area contributed by atoms with Gasteiger partial charge in [-0.15, -0.1) is 0 Å². The van der Waals surface area contributed by atoms with Crippen LogP contribution in [0.25, 0.3) is 0 Å². The van der Waals surface area contributed by atoms with Crippen LogP contribution in [0.3, 0.4) is 0 Å². The van der Waals surface area contributed by atoms with Crippen molar-refractivity contribution in [1.29, 1.82) is 0 Å². The van der Waals surface area contributed by atoms with Crippen LogP contribution in [0, 0.1) is 0 Å². The number of likely N-dealkylation sites (N-methyl/N-ethyl adjacent to an activating group) is 1. The number of hydrogen-bond donors (Lipinski definition) is 1. The van der Waals surface area contributed by atoms with Crippen LogP contribution >= 0.6 is 0 Å². The first-order valence-electron chi connectivity index (χ1n) is 5.78. The summed E-state index contributed by atoms with van der Waals surface area (Å²) < 4.78 is 0. The molecule has 82 valence electrons. The zero-order chi connectivity index (χ0) is 10.5. The van der Waals surface area contributed by atoms with Gasteiger partial charge in [0.15, 0.2) is 0 Å². The van der Waals surface area contributed by atoms with Crippen LogP contribution in [0.4, 0.5) is 5.69 Å². The van der Waals surface area contributed by atoms with Crippen LogP contribution in [0.15, 0.2) is 24.5 Å². The second-order valence-corrected chi connectivity index (χ2v) is 4.04. The lowest BCUT2D eigenvalue weighted by molar-refractivity contribution is 0.586. The second-order valence-electron chi connectivity index (χ2n) is 4.04. The smallest absolute Gasteiger partial charge is 0.0397 e. The van der Waals surface area contributed by atoms with Crippen LogP contribution in [0.2, 0.25) is 0 Å². The van der Waals surface area contributed by atoms with E-state index in [0.29, 0.717) is 6.04 Å². The molecule has 0 aliphatic carbocycles. The number of anilines is 1. The zero-order valence-electron chi connectivity index (χ0n) is 9.32. The summed E-state index contributed by atoms with van der Waals surface area (Å²) in [5, 5.41) is 3.53. The Kier molecular flexibility index (Phi) is 3.56. The third kappa shape index (κ3) is 2.69. The van der Waals surface area contributed by atoms with Crippen molar-refractivity contribution in [3.8, 4) is 0 Å². The van der Waals surface area contributed by atoms with E-state index in [4.69, 9.17) is 0 Å². The summed E-state index contributed by atoms with van der Waals surface area (Å²) in [6.07, 6.45) is 6.35. The minimum Gasteiger partial charge on any atom is -0.370 e. The molecule has 15 heavy (non-hydrogen) atoms. The van der Waals surface area contributed by atoms with Gasteiger partial charge in [0.05, 0.1) is 0 Å². The summed E-state index contributed by atoms with van der Waals surface area (Å²) in [7, 11) is 0. The van der Waals surface area contributed by atoms with Gasteiger partial charge in [0.25, 0.3) is 0 Å². The van der Waals surface area contributed by atoms with Gasteiger partial charge in [-0.2, -0.15) is 0 Å². The molecule has 1 N–H and O–H groups in total. The van der Waals surface area contributed by atoms with Crippen molar-refractivity contribution in [2.45, 2.75) is 25.8 Å². The molecule has 1 atom stereocenters. The molecule has 0 spiro atoms. The molecule has 1 unspecified atom stereocenters. The zero-order valence-corrected chi connectivity index (χ0v) is 9.32. The lowest BCUT2D eigenvalue weighted by atomic mass is 10.2. The van der Waals surface area contributed by atoms with E-state index < -0.39 is 0 Å². The monoisotopic (exact) mass is 205 g/mol. The van der Waals surface area contributed by atoms with E-state index in [9.17, 15) is 0 Å². The minimum absolute atomic E-state index is 0.665. The van der Waals surface area contributed by atoms with E-state index in [0.717, 1.165) is 13.1 Å². The van der Waals surface area contributed by atoms with E-state index >= 15 is 0 Å². The van der Waals surface area contributed by atoms with E-state index in [2.05, 4.69) is 34.3 Å². The summed E-state index contributed by atoms with van der Waals surface area (Å²) in [5.74, 6) is 0. The molecule has 1 aromatic rings. The van der Waals surface area contributed by atoms with Gasteiger partial charge in [-0.3, -0.25) is 4.98 Å². The Morgan fingerprint density at radius 3 is 2.87 bits per heavy atom. The molecule has 2 heterocycles.